The molecule has 3 N–H and O–H groups in total. The van der Waals surface area contributed by atoms with E-state index in [9.17, 15) is 4.57 Å². The molecule has 0 radical (unpaired) electrons. The molecule has 0 amide bonds. The number of phosphoric ester groups is 1. The number of nitrogens with two attached hydrogens (primary N) is 1. The molecule has 68 valence electrons. The Labute approximate surface area is 69.5 Å². The molecule has 1 saturated heterocycles. The highest BCUT2D eigenvalue weighted by atomic mass is 31.2. The lowest BCUT2D eigenvalue weighted by Gasteiger charge is -2.40. The lowest BCUT2D eigenvalue weighted by atomic mass is 10.1. The van der Waals surface area contributed by atoms with Gasteiger partial charge in [0, 0.05) is 0 Å². The maximum absolute atomic E-state index is 10.6. The molecule has 1 rings (SSSR count). The molecule has 0 saturated carbocycles. The van der Waals surface area contributed by atoms with Gasteiger partial charge in [0.1, 0.15) is 6.07 Å². The molecular formula is C5H9N2O4P. The van der Waals surface area contributed by atoms with Gasteiger partial charge in [-0.05, 0) is 6.42 Å². The van der Waals surface area contributed by atoms with Crippen LogP contribution in [-0.4, -0.2) is 16.7 Å². The van der Waals surface area contributed by atoms with Crippen LogP contribution in [0.2, 0.25) is 0 Å². The van der Waals surface area contributed by atoms with Crippen LogP contribution in [0.5, 0.6) is 0 Å². The topological polar surface area (TPSA) is 106 Å². The third-order valence-corrected chi connectivity index (χ3v) is 2.59. The summed E-state index contributed by atoms with van der Waals surface area (Å²) in [5, 5.41) is 8.56. The van der Waals surface area contributed by atoms with Crippen LogP contribution in [0.15, 0.2) is 0 Å². The van der Waals surface area contributed by atoms with E-state index in [1.807, 2.05) is 0 Å². The summed E-state index contributed by atoms with van der Waals surface area (Å²) in [5.41, 5.74) is 5.44. The van der Waals surface area contributed by atoms with Crippen molar-refractivity contribution in [2.24, 2.45) is 5.73 Å². The third kappa shape index (κ3) is 1.38. The van der Waals surface area contributed by atoms with Crippen molar-refractivity contribution in [1.29, 1.82) is 5.26 Å². The van der Waals surface area contributed by atoms with E-state index in [1.54, 1.807) is 13.0 Å². The average Bonchev–Trinajstić information content (AvgIpc) is 1.97. The van der Waals surface area contributed by atoms with Gasteiger partial charge in [-0.2, -0.15) is 5.26 Å². The number of phosphoric acid groups is 1. The predicted octanol–water partition coefficient (Wildman–Crippen LogP) is 0.0908. The minimum atomic E-state index is -3.97. The van der Waals surface area contributed by atoms with E-state index in [-0.39, 0.29) is 0 Å². The summed E-state index contributed by atoms with van der Waals surface area (Å²) in [6.45, 7) is 1.72. The van der Waals surface area contributed by atoms with E-state index in [0.29, 0.717) is 6.42 Å². The minimum Gasteiger partial charge on any atom is -0.322 e. The normalized spacial score (nSPS) is 42.8. The van der Waals surface area contributed by atoms with Gasteiger partial charge in [-0.15, -0.1) is 0 Å². The van der Waals surface area contributed by atoms with Crippen molar-refractivity contribution in [3.63, 3.8) is 0 Å². The largest absolute Gasteiger partial charge is 0.479 e. The van der Waals surface area contributed by atoms with Crippen molar-refractivity contribution in [1.82, 2.24) is 0 Å². The SMILES string of the molecule is CCC(N)C1(C#N)OP(=O)(O)O1. The van der Waals surface area contributed by atoms with Crippen molar-refractivity contribution in [3.05, 3.63) is 0 Å². The first-order chi connectivity index (χ1) is 5.46. The summed E-state index contributed by atoms with van der Waals surface area (Å²) in [7, 11) is -3.97. The molecule has 1 unspecified atom stereocenters. The molecule has 7 heteroatoms. The highest BCUT2D eigenvalue weighted by molar-refractivity contribution is 7.48. The molecule has 1 fully saturated rings. The van der Waals surface area contributed by atoms with Crippen molar-refractivity contribution in [2.45, 2.75) is 25.2 Å². The Hall–Kier alpha value is -0.440. The molecule has 0 aliphatic carbocycles. The molecule has 0 aromatic rings. The van der Waals surface area contributed by atoms with Crippen LogP contribution in [0, 0.1) is 11.3 Å². The molecule has 1 atom stereocenters. The van der Waals surface area contributed by atoms with E-state index in [1.165, 1.54) is 0 Å². The molecule has 1 aliphatic heterocycles. The first kappa shape index (κ1) is 9.65. The lowest BCUT2D eigenvalue weighted by Crippen LogP contribution is -2.55. The summed E-state index contributed by atoms with van der Waals surface area (Å²) in [6.07, 6.45) is 0.424. The Morgan fingerprint density at radius 1 is 1.83 bits per heavy atom. The summed E-state index contributed by atoms with van der Waals surface area (Å²) in [5.74, 6) is -1.72. The van der Waals surface area contributed by atoms with Crippen molar-refractivity contribution >= 4 is 7.82 Å². The van der Waals surface area contributed by atoms with Gasteiger partial charge < -0.3 is 10.6 Å². The van der Waals surface area contributed by atoms with Crippen LogP contribution in [-0.2, 0) is 13.6 Å². The van der Waals surface area contributed by atoms with Crippen molar-refractivity contribution in [2.75, 3.05) is 0 Å². The zero-order chi connectivity index (χ0) is 9.41. The number of hydrogen-bond acceptors (Lipinski definition) is 5. The maximum atomic E-state index is 10.6. The van der Waals surface area contributed by atoms with Gasteiger partial charge in [0.2, 0.25) is 0 Å². The summed E-state index contributed by atoms with van der Waals surface area (Å²) >= 11 is 0. The zero-order valence-corrected chi connectivity index (χ0v) is 7.32. The Kier molecular flexibility index (Phi) is 2.25. The van der Waals surface area contributed by atoms with Crippen LogP contribution in [0.25, 0.3) is 0 Å². The second-order valence-corrected chi connectivity index (χ2v) is 3.75. The second-order valence-electron chi connectivity index (χ2n) is 2.45. The van der Waals surface area contributed by atoms with Gasteiger partial charge in [0.05, 0.1) is 6.04 Å². The monoisotopic (exact) mass is 192 g/mol. The Morgan fingerprint density at radius 2 is 2.33 bits per heavy atom. The molecule has 0 bridgehead atoms. The van der Waals surface area contributed by atoms with Crippen molar-refractivity contribution in [3.8, 4) is 6.07 Å². The van der Waals surface area contributed by atoms with E-state index < -0.39 is 19.7 Å². The fourth-order valence-electron chi connectivity index (χ4n) is 0.877. The molecule has 1 heterocycles. The Bertz CT molecular complexity index is 263. The van der Waals surface area contributed by atoms with Gasteiger partial charge >= 0.3 is 7.82 Å². The smallest absolute Gasteiger partial charge is 0.322 e. The van der Waals surface area contributed by atoms with E-state index in [2.05, 4.69) is 9.05 Å². The van der Waals surface area contributed by atoms with Crippen LogP contribution in [0.3, 0.4) is 0 Å². The summed E-state index contributed by atoms with van der Waals surface area (Å²) in [4.78, 5) is 8.63. The van der Waals surface area contributed by atoms with Crippen molar-refractivity contribution < 1.29 is 18.5 Å². The van der Waals surface area contributed by atoms with Gasteiger partial charge in [-0.3, -0.25) is 0 Å². The lowest BCUT2D eigenvalue weighted by molar-refractivity contribution is -0.189. The average molecular weight is 192 g/mol. The van der Waals surface area contributed by atoms with E-state index in [0.717, 1.165) is 0 Å². The fourth-order valence-corrected chi connectivity index (χ4v) is 1.93. The summed E-state index contributed by atoms with van der Waals surface area (Å²) < 4.78 is 19.4. The Balaban J connectivity index is 2.73. The molecule has 1 aliphatic rings. The highest BCUT2D eigenvalue weighted by Crippen LogP contribution is 2.61. The Morgan fingerprint density at radius 3 is 2.58 bits per heavy atom. The van der Waals surface area contributed by atoms with Crippen LogP contribution >= 0.6 is 7.82 Å². The van der Waals surface area contributed by atoms with Crippen LogP contribution < -0.4 is 5.73 Å². The molecular weight excluding hydrogens is 183 g/mol. The van der Waals surface area contributed by atoms with E-state index in [4.69, 9.17) is 15.9 Å². The van der Waals surface area contributed by atoms with Gasteiger partial charge in [-0.25, -0.2) is 13.6 Å². The molecule has 6 nitrogen and oxygen atoms in total. The van der Waals surface area contributed by atoms with Gasteiger partial charge in [-0.1, -0.05) is 6.92 Å². The molecule has 0 aromatic heterocycles. The van der Waals surface area contributed by atoms with Crippen LogP contribution in [0.1, 0.15) is 13.3 Å². The fraction of sp³-hybridized carbons (Fsp3) is 0.800. The third-order valence-electron chi connectivity index (χ3n) is 1.59. The van der Waals surface area contributed by atoms with Crippen LogP contribution in [0.4, 0.5) is 0 Å². The number of rotatable bonds is 2. The first-order valence-corrected chi connectivity index (χ1v) is 4.86. The molecule has 0 spiro atoms. The van der Waals surface area contributed by atoms with Gasteiger partial charge in [0.25, 0.3) is 5.79 Å². The maximum Gasteiger partial charge on any atom is 0.479 e. The number of nitriles is 1. The number of nitrogens with zero attached hydrogens (tertiary/aromatic N) is 1. The first-order valence-electron chi connectivity index (χ1n) is 3.37. The number of hydrogen-bond donors (Lipinski definition) is 2. The van der Waals surface area contributed by atoms with E-state index >= 15 is 0 Å². The minimum absolute atomic E-state index is 0.424. The standard InChI is InChI=1S/C5H9N2O4P/c1-2-4(7)5(3-6)10-12(8,9)11-5/h4H,2,7H2,1H3,(H,8,9). The molecule has 12 heavy (non-hydrogen) atoms. The predicted molar refractivity (Wildman–Crippen MR) is 38.6 cm³/mol. The molecule has 0 aromatic carbocycles. The second kappa shape index (κ2) is 2.80. The summed E-state index contributed by atoms with van der Waals surface area (Å²) in [6, 6.07) is 0.908. The van der Waals surface area contributed by atoms with Gasteiger partial charge in [0.15, 0.2) is 0 Å². The highest BCUT2D eigenvalue weighted by Gasteiger charge is 2.59. The zero-order valence-electron chi connectivity index (χ0n) is 6.43. The quantitative estimate of drug-likeness (QED) is 0.600.